The van der Waals surface area contributed by atoms with Gasteiger partial charge in [0.25, 0.3) is 0 Å². The number of hydrogen-bond donors (Lipinski definition) is 0. The lowest BCUT2D eigenvalue weighted by molar-refractivity contribution is -0.134. The van der Waals surface area contributed by atoms with Gasteiger partial charge in [-0.25, -0.2) is 4.68 Å². The number of hydrogen-bond acceptors (Lipinski definition) is 7. The zero-order valence-electron chi connectivity index (χ0n) is 24.6. The minimum atomic E-state index is -0.345. The Hall–Kier alpha value is -3.50. The summed E-state index contributed by atoms with van der Waals surface area (Å²) in [5.41, 5.74) is 4.34. The highest BCUT2D eigenvalue weighted by Gasteiger charge is 2.40. The van der Waals surface area contributed by atoms with Gasteiger partial charge in [0.1, 0.15) is 12.4 Å². The van der Waals surface area contributed by atoms with E-state index in [1.165, 1.54) is 0 Å². The number of aromatic nitrogens is 2. The number of fused-ring (bicyclic) bond motifs is 1. The van der Waals surface area contributed by atoms with Crippen molar-refractivity contribution in [1.29, 1.82) is 0 Å². The molecule has 1 fully saturated rings. The number of anilines is 1. The molecule has 2 aromatic carbocycles. The minimum absolute atomic E-state index is 0.0634. The third kappa shape index (κ3) is 5.81. The molecular weight excluding hydrogens is 540 g/mol. The molecule has 2 aliphatic rings. The maximum Gasteiger partial charge on any atom is 0.242 e. The van der Waals surface area contributed by atoms with Gasteiger partial charge >= 0.3 is 0 Å². The van der Waals surface area contributed by atoms with Gasteiger partial charge in [-0.2, -0.15) is 5.10 Å². The van der Waals surface area contributed by atoms with Gasteiger partial charge in [-0.05, 0) is 42.3 Å². The Bertz CT molecular complexity index is 1440. The van der Waals surface area contributed by atoms with E-state index in [2.05, 4.69) is 26.8 Å². The fourth-order valence-corrected chi connectivity index (χ4v) is 6.53. The Labute approximate surface area is 245 Å². The molecule has 3 heterocycles. The molecule has 0 spiro atoms. The second-order valence-corrected chi connectivity index (χ2v) is 12.5. The summed E-state index contributed by atoms with van der Waals surface area (Å²) in [6.07, 6.45) is 0. The highest BCUT2D eigenvalue weighted by molar-refractivity contribution is 8.00. The van der Waals surface area contributed by atoms with Crippen LogP contribution in [0.4, 0.5) is 5.82 Å². The van der Waals surface area contributed by atoms with Crippen LogP contribution in [0, 0.1) is 6.92 Å². The zero-order chi connectivity index (χ0) is 29.3. The van der Waals surface area contributed by atoms with Crippen LogP contribution < -0.4 is 14.4 Å². The van der Waals surface area contributed by atoms with Gasteiger partial charge in [-0.15, -0.1) is 11.8 Å². The number of amides is 2. The molecule has 41 heavy (non-hydrogen) atoms. The predicted molar refractivity (Wildman–Crippen MR) is 161 cm³/mol. The highest BCUT2D eigenvalue weighted by atomic mass is 32.2. The van der Waals surface area contributed by atoms with Crippen LogP contribution in [0.25, 0.3) is 5.69 Å². The number of aryl methyl sites for hydroxylation is 1. The molecule has 2 amide bonds. The normalized spacial score (nSPS) is 17.7. The van der Waals surface area contributed by atoms with E-state index < -0.39 is 0 Å². The van der Waals surface area contributed by atoms with Crippen LogP contribution in [0.3, 0.4) is 0 Å². The second kappa shape index (κ2) is 11.8. The van der Waals surface area contributed by atoms with Crippen molar-refractivity contribution in [1.82, 2.24) is 14.7 Å². The molecule has 0 radical (unpaired) electrons. The molecule has 10 heteroatoms. The molecule has 2 aliphatic heterocycles. The molecule has 5 rings (SSSR count). The van der Waals surface area contributed by atoms with Gasteiger partial charge in [0.15, 0.2) is 11.5 Å². The molecule has 218 valence electrons. The maximum atomic E-state index is 13.9. The van der Waals surface area contributed by atoms with Gasteiger partial charge in [-0.3, -0.25) is 14.5 Å². The number of thioether (sulfide) groups is 1. The van der Waals surface area contributed by atoms with Gasteiger partial charge in [0, 0.05) is 24.1 Å². The summed E-state index contributed by atoms with van der Waals surface area (Å²) in [6.45, 7) is 10.4. The average molecular weight is 579 g/mol. The molecule has 3 aromatic rings. The number of carbonyl (C=O) groups excluding carboxylic acids is 2. The Morgan fingerprint density at radius 3 is 2.46 bits per heavy atom. The molecular formula is C31H38N4O5S. The number of morpholine rings is 1. The van der Waals surface area contributed by atoms with Crippen LogP contribution in [0.2, 0.25) is 0 Å². The maximum absolute atomic E-state index is 13.9. The Morgan fingerprint density at radius 1 is 1.07 bits per heavy atom. The minimum Gasteiger partial charge on any atom is -0.493 e. The van der Waals surface area contributed by atoms with Crippen LogP contribution in [-0.2, 0) is 19.7 Å². The van der Waals surface area contributed by atoms with Crippen molar-refractivity contribution in [2.24, 2.45) is 0 Å². The lowest BCUT2D eigenvalue weighted by Gasteiger charge is -2.30. The van der Waals surface area contributed by atoms with E-state index in [0.29, 0.717) is 43.6 Å². The first kappa shape index (κ1) is 29.0. The van der Waals surface area contributed by atoms with E-state index in [4.69, 9.17) is 19.3 Å². The Morgan fingerprint density at radius 2 is 1.80 bits per heavy atom. The number of carbonyl (C=O) groups is 2. The van der Waals surface area contributed by atoms with Crippen molar-refractivity contribution in [2.45, 2.75) is 38.4 Å². The second-order valence-electron chi connectivity index (χ2n) is 11.4. The number of nitrogens with zero attached hydrogens (tertiary/aromatic N) is 4. The van der Waals surface area contributed by atoms with Crippen LogP contribution in [0.5, 0.6) is 11.5 Å². The Balaban J connectivity index is 1.74. The smallest absolute Gasteiger partial charge is 0.242 e. The van der Waals surface area contributed by atoms with Crippen molar-refractivity contribution in [3.05, 3.63) is 64.8 Å². The fraction of sp³-hybridized carbons (Fsp3) is 0.452. The van der Waals surface area contributed by atoms with Crippen LogP contribution in [0.1, 0.15) is 48.4 Å². The summed E-state index contributed by atoms with van der Waals surface area (Å²) in [5, 5.41) is 4.95. The summed E-state index contributed by atoms with van der Waals surface area (Å²) in [6, 6.07) is 13.9. The molecule has 0 bridgehead atoms. The SMILES string of the molecule is COc1ccc([C@@H]2SCC(=O)N(CC(=O)N3CCOCC3)c3c2c(C(C)(C)C)nn3-c2cccc(C)c2)cc1OC. The quantitative estimate of drug-likeness (QED) is 0.425. The van der Waals surface area contributed by atoms with Crippen molar-refractivity contribution in [3.63, 3.8) is 0 Å². The van der Waals surface area contributed by atoms with E-state index in [-0.39, 0.29) is 34.8 Å². The standard InChI is InChI=1S/C31H38N4O5S/c1-20-8-7-9-22(16-20)35-30-27(29(32-35)31(2,3)4)28(21-10-11-23(38-5)24(17-21)39-6)41-19-26(37)34(30)18-25(36)33-12-14-40-15-13-33/h7-11,16-17,28H,12-15,18-19H2,1-6H3/t28-/m0/s1. The van der Waals surface area contributed by atoms with Crippen molar-refractivity contribution in [3.8, 4) is 17.2 Å². The summed E-state index contributed by atoms with van der Waals surface area (Å²) < 4.78 is 18.4. The topological polar surface area (TPSA) is 86.1 Å². The first-order valence-electron chi connectivity index (χ1n) is 13.8. The first-order valence-corrected chi connectivity index (χ1v) is 14.9. The van der Waals surface area contributed by atoms with Gasteiger partial charge in [0.05, 0.1) is 49.8 Å². The van der Waals surface area contributed by atoms with Gasteiger partial charge < -0.3 is 19.1 Å². The number of ether oxygens (including phenoxy) is 3. The third-order valence-corrected chi connectivity index (χ3v) is 8.67. The van der Waals surface area contributed by atoms with E-state index in [0.717, 1.165) is 28.1 Å². The molecule has 0 N–H and O–H groups in total. The number of rotatable bonds is 6. The van der Waals surface area contributed by atoms with Crippen molar-refractivity contribution in [2.75, 3.05) is 57.7 Å². The highest BCUT2D eigenvalue weighted by Crippen LogP contribution is 2.49. The fourth-order valence-electron chi connectivity index (χ4n) is 5.34. The largest absolute Gasteiger partial charge is 0.493 e. The molecule has 0 unspecified atom stereocenters. The van der Waals surface area contributed by atoms with E-state index in [1.54, 1.807) is 35.8 Å². The van der Waals surface area contributed by atoms with Gasteiger partial charge in [-0.1, -0.05) is 39.0 Å². The average Bonchev–Trinajstić information content (AvgIpc) is 3.31. The zero-order valence-corrected chi connectivity index (χ0v) is 25.4. The summed E-state index contributed by atoms with van der Waals surface area (Å²) in [4.78, 5) is 30.9. The summed E-state index contributed by atoms with van der Waals surface area (Å²) in [5.74, 6) is 1.87. The number of methoxy groups -OCH3 is 2. The van der Waals surface area contributed by atoms with E-state index >= 15 is 0 Å². The molecule has 1 saturated heterocycles. The monoisotopic (exact) mass is 578 g/mol. The molecule has 1 atom stereocenters. The predicted octanol–water partition coefficient (Wildman–Crippen LogP) is 4.52. The van der Waals surface area contributed by atoms with Crippen LogP contribution >= 0.6 is 11.8 Å². The van der Waals surface area contributed by atoms with Crippen molar-refractivity contribution >= 4 is 29.4 Å². The first-order chi connectivity index (χ1) is 19.6. The molecule has 0 saturated carbocycles. The lowest BCUT2D eigenvalue weighted by atomic mass is 9.87. The molecule has 0 aliphatic carbocycles. The van der Waals surface area contributed by atoms with E-state index in [1.807, 2.05) is 48.0 Å². The molecule has 1 aromatic heterocycles. The Kier molecular flexibility index (Phi) is 8.33. The van der Waals surface area contributed by atoms with E-state index in [9.17, 15) is 9.59 Å². The lowest BCUT2D eigenvalue weighted by Crippen LogP contribution is -2.48. The van der Waals surface area contributed by atoms with Crippen LogP contribution in [-0.4, -0.2) is 79.3 Å². The summed E-state index contributed by atoms with van der Waals surface area (Å²) >= 11 is 1.54. The number of benzene rings is 2. The van der Waals surface area contributed by atoms with Gasteiger partial charge in [0.2, 0.25) is 11.8 Å². The molecule has 9 nitrogen and oxygen atoms in total. The van der Waals surface area contributed by atoms with Crippen molar-refractivity contribution < 1.29 is 23.8 Å². The van der Waals surface area contributed by atoms with Crippen LogP contribution in [0.15, 0.2) is 42.5 Å². The summed E-state index contributed by atoms with van der Waals surface area (Å²) in [7, 11) is 3.23. The third-order valence-electron chi connectivity index (χ3n) is 7.41.